The van der Waals surface area contributed by atoms with Crippen molar-refractivity contribution in [3.05, 3.63) is 35.4 Å². The summed E-state index contributed by atoms with van der Waals surface area (Å²) < 4.78 is 0. The minimum atomic E-state index is -0.803. The smallest absolute Gasteiger partial charge is 0.320 e. The van der Waals surface area contributed by atoms with Crippen LogP contribution in [0.15, 0.2) is 24.3 Å². The van der Waals surface area contributed by atoms with Crippen LogP contribution in [0.1, 0.15) is 48.1 Å². The number of hydrogen-bond acceptors (Lipinski definition) is 3. The maximum Gasteiger partial charge on any atom is 0.320 e. The molecule has 18 heavy (non-hydrogen) atoms. The van der Waals surface area contributed by atoms with Crippen LogP contribution < -0.4 is 5.32 Å². The fourth-order valence-electron chi connectivity index (χ4n) is 2.37. The third-order valence-electron chi connectivity index (χ3n) is 3.38. The third-order valence-corrected chi connectivity index (χ3v) is 3.38. The van der Waals surface area contributed by atoms with Crippen molar-refractivity contribution >= 4 is 11.8 Å². The van der Waals surface area contributed by atoms with Crippen LogP contribution in [0.4, 0.5) is 0 Å². The molecule has 1 aromatic rings. The SMILES string of the molecule is CC(=O)c1cccc(C2CCCC(C(=O)O)N2)c1. The van der Waals surface area contributed by atoms with Gasteiger partial charge in [0.1, 0.15) is 6.04 Å². The molecule has 1 fully saturated rings. The van der Waals surface area contributed by atoms with Crippen molar-refractivity contribution in [2.24, 2.45) is 0 Å². The van der Waals surface area contributed by atoms with Crippen molar-refractivity contribution in [2.45, 2.75) is 38.3 Å². The average molecular weight is 247 g/mol. The second kappa shape index (κ2) is 5.31. The molecule has 0 aliphatic carbocycles. The molecule has 0 spiro atoms. The molecule has 0 bridgehead atoms. The maximum atomic E-state index is 11.3. The van der Waals surface area contributed by atoms with Crippen molar-refractivity contribution in [2.75, 3.05) is 0 Å². The van der Waals surface area contributed by atoms with Crippen LogP contribution in [-0.2, 0) is 4.79 Å². The lowest BCUT2D eigenvalue weighted by atomic mass is 9.92. The van der Waals surface area contributed by atoms with E-state index in [0.717, 1.165) is 18.4 Å². The Morgan fingerprint density at radius 1 is 1.33 bits per heavy atom. The highest BCUT2D eigenvalue weighted by molar-refractivity contribution is 5.94. The number of piperidine rings is 1. The maximum absolute atomic E-state index is 11.3. The molecule has 1 heterocycles. The molecule has 1 saturated heterocycles. The minimum absolute atomic E-state index is 0.0270. The van der Waals surface area contributed by atoms with E-state index >= 15 is 0 Å². The monoisotopic (exact) mass is 247 g/mol. The Morgan fingerprint density at radius 2 is 2.11 bits per heavy atom. The summed E-state index contributed by atoms with van der Waals surface area (Å²) in [7, 11) is 0. The van der Waals surface area contributed by atoms with E-state index in [-0.39, 0.29) is 11.8 Å². The van der Waals surface area contributed by atoms with Gasteiger partial charge in [-0.3, -0.25) is 14.9 Å². The lowest BCUT2D eigenvalue weighted by molar-refractivity contribution is -0.140. The number of carbonyl (C=O) groups is 2. The van der Waals surface area contributed by atoms with E-state index in [1.165, 1.54) is 6.92 Å². The van der Waals surface area contributed by atoms with E-state index in [2.05, 4.69) is 5.32 Å². The van der Waals surface area contributed by atoms with E-state index in [1.807, 2.05) is 18.2 Å². The average Bonchev–Trinajstić information content (AvgIpc) is 2.39. The Balaban J connectivity index is 2.18. The number of carboxylic acid groups (broad SMARTS) is 1. The van der Waals surface area contributed by atoms with Gasteiger partial charge in [0.2, 0.25) is 0 Å². The van der Waals surface area contributed by atoms with Crippen molar-refractivity contribution in [1.29, 1.82) is 0 Å². The Kier molecular flexibility index (Phi) is 3.77. The fourth-order valence-corrected chi connectivity index (χ4v) is 2.37. The van der Waals surface area contributed by atoms with Crippen LogP contribution in [0.5, 0.6) is 0 Å². The fraction of sp³-hybridized carbons (Fsp3) is 0.429. The largest absolute Gasteiger partial charge is 0.480 e. The Labute approximate surface area is 106 Å². The van der Waals surface area contributed by atoms with Gasteiger partial charge in [-0.25, -0.2) is 0 Å². The Bertz CT molecular complexity index is 470. The van der Waals surface area contributed by atoms with E-state index in [9.17, 15) is 9.59 Å². The van der Waals surface area contributed by atoms with E-state index in [0.29, 0.717) is 12.0 Å². The Hall–Kier alpha value is -1.68. The van der Waals surface area contributed by atoms with Crippen LogP contribution in [0.2, 0.25) is 0 Å². The molecule has 2 N–H and O–H groups in total. The second-order valence-corrected chi connectivity index (χ2v) is 4.72. The van der Waals surface area contributed by atoms with Gasteiger partial charge >= 0.3 is 5.97 Å². The van der Waals surface area contributed by atoms with Gasteiger partial charge in [-0.2, -0.15) is 0 Å². The number of aliphatic carboxylic acids is 1. The molecular formula is C14H17NO3. The molecule has 4 heteroatoms. The summed E-state index contributed by atoms with van der Waals surface area (Å²) in [6.07, 6.45) is 2.46. The first kappa shape index (κ1) is 12.8. The molecule has 0 aromatic heterocycles. The lowest BCUT2D eigenvalue weighted by Crippen LogP contribution is -2.42. The number of Topliss-reactive ketones (excluding diaryl/α,β-unsaturated/α-hetero) is 1. The second-order valence-electron chi connectivity index (χ2n) is 4.72. The number of benzene rings is 1. The third kappa shape index (κ3) is 2.76. The lowest BCUT2D eigenvalue weighted by Gasteiger charge is -2.29. The van der Waals surface area contributed by atoms with Crippen LogP contribution in [-0.4, -0.2) is 22.9 Å². The highest BCUT2D eigenvalue weighted by Crippen LogP contribution is 2.26. The number of ketones is 1. The number of rotatable bonds is 3. The van der Waals surface area contributed by atoms with Crippen molar-refractivity contribution in [1.82, 2.24) is 5.32 Å². The van der Waals surface area contributed by atoms with Crippen LogP contribution in [0, 0.1) is 0 Å². The van der Waals surface area contributed by atoms with Crippen LogP contribution >= 0.6 is 0 Å². The molecule has 96 valence electrons. The summed E-state index contributed by atoms with van der Waals surface area (Å²) in [5.41, 5.74) is 1.67. The normalized spacial score (nSPS) is 23.6. The van der Waals surface area contributed by atoms with Crippen molar-refractivity contribution in [3.63, 3.8) is 0 Å². The molecular weight excluding hydrogens is 230 g/mol. The number of carboxylic acids is 1. The standard InChI is InChI=1S/C14H17NO3/c1-9(16)10-4-2-5-11(8-10)12-6-3-7-13(15-12)14(17)18/h2,4-5,8,12-13,15H,3,6-7H2,1H3,(H,17,18). The quantitative estimate of drug-likeness (QED) is 0.803. The molecule has 1 aliphatic rings. The van der Waals surface area contributed by atoms with Gasteiger partial charge in [-0.1, -0.05) is 18.2 Å². The summed E-state index contributed by atoms with van der Waals surface area (Å²) in [5, 5.41) is 12.2. The first-order valence-electron chi connectivity index (χ1n) is 6.17. The van der Waals surface area contributed by atoms with Gasteiger partial charge in [0.25, 0.3) is 0 Å². The van der Waals surface area contributed by atoms with Gasteiger partial charge < -0.3 is 5.11 Å². The molecule has 1 aliphatic heterocycles. The summed E-state index contributed by atoms with van der Waals surface area (Å²) in [6.45, 7) is 1.54. The Morgan fingerprint density at radius 3 is 2.78 bits per heavy atom. The number of carbonyl (C=O) groups excluding carboxylic acids is 1. The molecule has 2 atom stereocenters. The van der Waals surface area contributed by atoms with Gasteiger partial charge in [0.15, 0.2) is 5.78 Å². The summed E-state index contributed by atoms with van der Waals surface area (Å²) in [6, 6.07) is 6.96. The molecule has 0 saturated carbocycles. The van der Waals surface area contributed by atoms with Crippen LogP contribution in [0.25, 0.3) is 0 Å². The van der Waals surface area contributed by atoms with Crippen LogP contribution in [0.3, 0.4) is 0 Å². The molecule has 2 rings (SSSR count). The van der Waals surface area contributed by atoms with Gasteiger partial charge in [-0.15, -0.1) is 0 Å². The van der Waals surface area contributed by atoms with Gasteiger partial charge in [0.05, 0.1) is 0 Å². The van der Waals surface area contributed by atoms with E-state index in [1.54, 1.807) is 6.07 Å². The molecule has 4 nitrogen and oxygen atoms in total. The van der Waals surface area contributed by atoms with Gasteiger partial charge in [-0.05, 0) is 37.8 Å². The van der Waals surface area contributed by atoms with E-state index in [4.69, 9.17) is 5.11 Å². The minimum Gasteiger partial charge on any atom is -0.480 e. The first-order chi connectivity index (χ1) is 8.58. The number of nitrogens with one attached hydrogen (secondary N) is 1. The predicted molar refractivity (Wildman–Crippen MR) is 67.6 cm³/mol. The van der Waals surface area contributed by atoms with E-state index < -0.39 is 12.0 Å². The molecule has 1 aromatic carbocycles. The first-order valence-corrected chi connectivity index (χ1v) is 6.17. The summed E-state index contributed by atoms with van der Waals surface area (Å²) in [4.78, 5) is 22.3. The highest BCUT2D eigenvalue weighted by Gasteiger charge is 2.26. The highest BCUT2D eigenvalue weighted by atomic mass is 16.4. The summed E-state index contributed by atoms with van der Waals surface area (Å²) >= 11 is 0. The van der Waals surface area contributed by atoms with Crippen molar-refractivity contribution in [3.8, 4) is 0 Å². The van der Waals surface area contributed by atoms with Crippen molar-refractivity contribution < 1.29 is 14.7 Å². The molecule has 2 unspecified atom stereocenters. The molecule has 0 radical (unpaired) electrons. The zero-order valence-corrected chi connectivity index (χ0v) is 10.3. The zero-order valence-electron chi connectivity index (χ0n) is 10.3. The van der Waals surface area contributed by atoms with Gasteiger partial charge in [0, 0.05) is 11.6 Å². The zero-order chi connectivity index (χ0) is 13.1. The number of hydrogen-bond donors (Lipinski definition) is 2. The molecule has 0 amide bonds. The summed E-state index contributed by atoms with van der Waals surface area (Å²) in [5.74, 6) is -0.773. The topological polar surface area (TPSA) is 66.4 Å². The predicted octanol–water partition coefficient (Wildman–Crippen LogP) is 2.16.